The molecule has 0 aliphatic carbocycles. The number of carboxylic acids is 1. The number of thiophene rings is 1. The fourth-order valence-electron chi connectivity index (χ4n) is 2.94. The molecule has 0 saturated carbocycles. The summed E-state index contributed by atoms with van der Waals surface area (Å²) in [4.78, 5) is 18.9. The molecule has 0 unspecified atom stereocenters. The number of halogens is 1. The summed E-state index contributed by atoms with van der Waals surface area (Å²) in [6.07, 6.45) is 0.536. The number of aromatic amines is 1. The minimum atomic E-state index is -1.02. The van der Waals surface area contributed by atoms with Gasteiger partial charge in [0.2, 0.25) is 0 Å². The molecule has 124 valence electrons. The maximum Gasteiger partial charge on any atom is 0.354 e. The van der Waals surface area contributed by atoms with E-state index in [1.54, 1.807) is 17.4 Å². The number of H-pyrrole nitrogens is 1. The van der Waals surface area contributed by atoms with Crippen molar-refractivity contribution in [2.45, 2.75) is 6.42 Å². The second kappa shape index (κ2) is 6.35. The highest BCUT2D eigenvalue weighted by Crippen LogP contribution is 2.34. The van der Waals surface area contributed by atoms with E-state index >= 15 is 0 Å². The third-order valence-corrected chi connectivity index (χ3v) is 4.98. The van der Waals surface area contributed by atoms with E-state index in [0.29, 0.717) is 17.1 Å². The lowest BCUT2D eigenvalue weighted by molar-refractivity contribution is 0.0690. The zero-order valence-corrected chi connectivity index (χ0v) is 14.6. The highest BCUT2D eigenvalue weighted by Gasteiger charge is 2.16. The van der Waals surface area contributed by atoms with Crippen molar-refractivity contribution in [3.05, 3.63) is 75.2 Å². The monoisotopic (exact) mass is 368 g/mol. The fourth-order valence-corrected chi connectivity index (χ4v) is 3.76. The first kappa shape index (κ1) is 15.9. The first-order valence-corrected chi connectivity index (χ1v) is 8.96. The molecular weight excluding hydrogens is 356 g/mol. The van der Waals surface area contributed by atoms with Crippen molar-refractivity contribution in [1.29, 1.82) is 0 Å². The van der Waals surface area contributed by atoms with Gasteiger partial charge in [-0.2, -0.15) is 11.3 Å². The largest absolute Gasteiger partial charge is 0.477 e. The van der Waals surface area contributed by atoms with Gasteiger partial charge >= 0.3 is 5.97 Å². The van der Waals surface area contributed by atoms with Crippen LogP contribution in [0.25, 0.3) is 22.2 Å². The van der Waals surface area contributed by atoms with E-state index in [2.05, 4.69) is 21.4 Å². The molecule has 3 heterocycles. The molecule has 0 spiro atoms. The number of aromatic carboxylic acids is 1. The van der Waals surface area contributed by atoms with E-state index in [9.17, 15) is 4.79 Å². The van der Waals surface area contributed by atoms with Crippen molar-refractivity contribution in [2.24, 2.45) is 0 Å². The number of benzene rings is 1. The first-order chi connectivity index (χ1) is 12.1. The molecule has 0 atom stereocenters. The summed E-state index contributed by atoms with van der Waals surface area (Å²) in [6, 6.07) is 12.9. The molecule has 4 nitrogen and oxygen atoms in total. The molecule has 25 heavy (non-hydrogen) atoms. The van der Waals surface area contributed by atoms with E-state index in [1.165, 1.54) is 6.07 Å². The average molecular weight is 369 g/mol. The van der Waals surface area contributed by atoms with Crippen molar-refractivity contribution in [1.82, 2.24) is 9.97 Å². The minimum absolute atomic E-state index is 0.0532. The molecule has 0 bridgehead atoms. The second-order valence-corrected chi connectivity index (χ2v) is 6.89. The lowest BCUT2D eigenvalue weighted by Crippen LogP contribution is -2.03. The predicted molar refractivity (Wildman–Crippen MR) is 101 cm³/mol. The van der Waals surface area contributed by atoms with Crippen LogP contribution in [0.4, 0.5) is 0 Å². The van der Waals surface area contributed by atoms with Gasteiger partial charge in [-0.05, 0) is 41.3 Å². The Morgan fingerprint density at radius 1 is 1.24 bits per heavy atom. The van der Waals surface area contributed by atoms with Crippen LogP contribution in [0.3, 0.4) is 0 Å². The standard InChI is InChI=1S/C19H13ClN2O2S/c20-12-4-5-14-15(9-13-2-1-3-16(21-13)19(23)24)18(22-17(14)8-12)11-6-7-25-10-11/h1-8,10,22H,9H2,(H,23,24). The van der Waals surface area contributed by atoms with Crippen molar-refractivity contribution < 1.29 is 9.90 Å². The number of pyridine rings is 1. The van der Waals surface area contributed by atoms with Crippen molar-refractivity contribution in [2.75, 3.05) is 0 Å². The normalized spacial score (nSPS) is 11.1. The van der Waals surface area contributed by atoms with Crippen LogP contribution in [0, 0.1) is 0 Å². The van der Waals surface area contributed by atoms with Crippen LogP contribution in [-0.2, 0) is 6.42 Å². The van der Waals surface area contributed by atoms with E-state index in [4.69, 9.17) is 16.7 Å². The molecule has 0 aliphatic heterocycles. The molecule has 3 aromatic heterocycles. The van der Waals surface area contributed by atoms with Crippen LogP contribution < -0.4 is 0 Å². The number of carboxylic acid groups (broad SMARTS) is 1. The first-order valence-electron chi connectivity index (χ1n) is 7.64. The molecule has 0 aliphatic rings. The van der Waals surface area contributed by atoms with Crippen LogP contribution in [-0.4, -0.2) is 21.0 Å². The number of hydrogen-bond acceptors (Lipinski definition) is 3. The second-order valence-electron chi connectivity index (χ2n) is 5.68. The van der Waals surface area contributed by atoms with Gasteiger partial charge in [0.15, 0.2) is 0 Å². The quantitative estimate of drug-likeness (QED) is 0.518. The van der Waals surface area contributed by atoms with E-state index in [-0.39, 0.29) is 5.69 Å². The van der Waals surface area contributed by atoms with Crippen LogP contribution in [0.15, 0.2) is 53.2 Å². The zero-order chi connectivity index (χ0) is 17.4. The molecule has 1 aromatic carbocycles. The SMILES string of the molecule is O=C(O)c1cccc(Cc2c(-c3ccsc3)[nH]c3cc(Cl)ccc23)n1. The van der Waals surface area contributed by atoms with Gasteiger partial charge in [-0.15, -0.1) is 0 Å². The lowest BCUT2D eigenvalue weighted by atomic mass is 10.0. The Morgan fingerprint density at radius 3 is 2.88 bits per heavy atom. The summed E-state index contributed by atoms with van der Waals surface area (Å²) >= 11 is 7.75. The molecule has 4 rings (SSSR count). The van der Waals surface area contributed by atoms with E-state index < -0.39 is 5.97 Å². The van der Waals surface area contributed by atoms with E-state index in [0.717, 1.165) is 27.7 Å². The van der Waals surface area contributed by atoms with Crippen LogP contribution in [0.2, 0.25) is 5.02 Å². The number of nitrogens with zero attached hydrogens (tertiary/aromatic N) is 1. The number of fused-ring (bicyclic) bond motifs is 1. The molecule has 0 fully saturated rings. The average Bonchev–Trinajstić information content (AvgIpc) is 3.23. The summed E-state index contributed by atoms with van der Waals surface area (Å²) < 4.78 is 0. The summed E-state index contributed by atoms with van der Waals surface area (Å²) in [5, 5.41) is 15.0. The summed E-state index contributed by atoms with van der Waals surface area (Å²) in [5.74, 6) is -1.02. The number of carbonyl (C=O) groups is 1. The van der Waals surface area contributed by atoms with Gasteiger partial charge in [0, 0.05) is 39.0 Å². The van der Waals surface area contributed by atoms with Crippen molar-refractivity contribution in [3.8, 4) is 11.3 Å². The smallest absolute Gasteiger partial charge is 0.354 e. The highest BCUT2D eigenvalue weighted by atomic mass is 35.5. The molecular formula is C19H13ClN2O2S. The van der Waals surface area contributed by atoms with Gasteiger partial charge in [0.1, 0.15) is 5.69 Å². The number of nitrogens with one attached hydrogen (secondary N) is 1. The highest BCUT2D eigenvalue weighted by molar-refractivity contribution is 7.08. The van der Waals surface area contributed by atoms with Gasteiger partial charge in [0.05, 0.1) is 5.69 Å². The number of aromatic nitrogens is 2. The topological polar surface area (TPSA) is 66.0 Å². The van der Waals surface area contributed by atoms with Crippen LogP contribution in [0.5, 0.6) is 0 Å². The Bertz CT molecular complexity index is 1070. The lowest BCUT2D eigenvalue weighted by Gasteiger charge is -2.05. The Labute approximate surface area is 152 Å². The number of rotatable bonds is 4. The van der Waals surface area contributed by atoms with Gasteiger partial charge < -0.3 is 10.1 Å². The van der Waals surface area contributed by atoms with Gasteiger partial charge in [-0.25, -0.2) is 9.78 Å². The summed E-state index contributed by atoms with van der Waals surface area (Å²) in [5.41, 5.74) is 4.92. The number of hydrogen-bond donors (Lipinski definition) is 2. The predicted octanol–water partition coefficient (Wildman–Crippen LogP) is 5.23. The Kier molecular flexibility index (Phi) is 4.03. The third kappa shape index (κ3) is 3.04. The Hall–Kier alpha value is -2.63. The molecule has 0 saturated heterocycles. The molecule has 4 aromatic rings. The Morgan fingerprint density at radius 2 is 2.12 bits per heavy atom. The van der Waals surface area contributed by atoms with Gasteiger partial charge in [0.25, 0.3) is 0 Å². The van der Waals surface area contributed by atoms with Gasteiger partial charge in [-0.3, -0.25) is 0 Å². The molecule has 0 amide bonds. The molecule has 6 heteroatoms. The zero-order valence-electron chi connectivity index (χ0n) is 13.0. The van der Waals surface area contributed by atoms with Crippen LogP contribution in [0.1, 0.15) is 21.7 Å². The summed E-state index contributed by atoms with van der Waals surface area (Å²) in [7, 11) is 0. The van der Waals surface area contributed by atoms with Crippen molar-refractivity contribution >= 4 is 39.8 Å². The third-order valence-electron chi connectivity index (χ3n) is 4.06. The molecule has 2 N–H and O–H groups in total. The van der Waals surface area contributed by atoms with Gasteiger partial charge in [-0.1, -0.05) is 23.7 Å². The van der Waals surface area contributed by atoms with Crippen molar-refractivity contribution in [3.63, 3.8) is 0 Å². The van der Waals surface area contributed by atoms with E-state index in [1.807, 2.05) is 29.6 Å². The fraction of sp³-hybridized carbons (Fsp3) is 0.0526. The maximum absolute atomic E-state index is 11.2. The Balaban J connectivity index is 1.86. The van der Waals surface area contributed by atoms with Crippen LogP contribution >= 0.6 is 22.9 Å². The molecule has 0 radical (unpaired) electrons. The maximum atomic E-state index is 11.2. The summed E-state index contributed by atoms with van der Waals surface area (Å²) in [6.45, 7) is 0. The minimum Gasteiger partial charge on any atom is -0.477 e.